The third-order valence-electron chi connectivity index (χ3n) is 4.47. The van der Waals surface area contributed by atoms with Crippen LogP contribution in [0.4, 0.5) is 5.69 Å². The molecule has 138 valence electrons. The van der Waals surface area contributed by atoms with Crippen molar-refractivity contribution in [3.63, 3.8) is 0 Å². The maximum atomic E-state index is 13.2. The van der Waals surface area contributed by atoms with Crippen molar-refractivity contribution < 1.29 is 28.8 Å². The molecule has 27 heavy (non-hydrogen) atoms. The van der Waals surface area contributed by atoms with Gasteiger partial charge in [-0.1, -0.05) is 30.3 Å². The summed E-state index contributed by atoms with van der Waals surface area (Å²) in [5, 5.41) is 39.4. The second-order valence-corrected chi connectivity index (χ2v) is 8.02. The van der Waals surface area contributed by atoms with E-state index in [1.807, 2.05) is 6.07 Å². The number of fused-ring (bicyclic) bond motifs is 3. The molecule has 0 amide bonds. The van der Waals surface area contributed by atoms with Crippen LogP contribution < -0.4 is 4.31 Å². The van der Waals surface area contributed by atoms with Crippen molar-refractivity contribution in [2.45, 2.75) is 11.4 Å². The molecule has 0 radical (unpaired) electrons. The van der Waals surface area contributed by atoms with Gasteiger partial charge in [0, 0.05) is 23.3 Å². The first-order valence-electron chi connectivity index (χ1n) is 7.98. The van der Waals surface area contributed by atoms with E-state index in [1.54, 1.807) is 24.3 Å². The molecule has 3 aromatic carbocycles. The van der Waals surface area contributed by atoms with E-state index in [4.69, 9.17) is 0 Å². The number of anilines is 1. The highest BCUT2D eigenvalue weighted by Crippen LogP contribution is 2.50. The van der Waals surface area contributed by atoms with Gasteiger partial charge >= 0.3 is 0 Å². The Kier molecular flexibility index (Phi) is 3.67. The maximum absolute atomic E-state index is 13.2. The molecule has 1 aliphatic rings. The van der Waals surface area contributed by atoms with E-state index in [9.17, 15) is 28.8 Å². The molecular weight excluding hydrogens is 370 g/mol. The molecule has 3 aromatic rings. The van der Waals surface area contributed by atoms with Gasteiger partial charge in [0.25, 0.3) is 10.0 Å². The predicted octanol–water partition coefficient (Wildman–Crippen LogP) is 2.88. The lowest BCUT2D eigenvalue weighted by molar-refractivity contribution is 0.402. The number of hydrogen-bond acceptors (Lipinski definition) is 6. The zero-order valence-electron chi connectivity index (χ0n) is 13.9. The molecule has 4 rings (SSSR count). The predicted molar refractivity (Wildman–Crippen MR) is 98.3 cm³/mol. The van der Waals surface area contributed by atoms with Crippen LogP contribution in [0.1, 0.15) is 5.56 Å². The molecule has 0 bridgehead atoms. The monoisotopic (exact) mass is 385 g/mol. The van der Waals surface area contributed by atoms with E-state index in [1.165, 1.54) is 6.07 Å². The molecule has 0 saturated heterocycles. The van der Waals surface area contributed by atoms with Crippen molar-refractivity contribution in [1.82, 2.24) is 0 Å². The van der Waals surface area contributed by atoms with Crippen LogP contribution in [0.2, 0.25) is 0 Å². The Morgan fingerprint density at radius 3 is 1.96 bits per heavy atom. The number of hydrogen-bond donors (Lipinski definition) is 4. The summed E-state index contributed by atoms with van der Waals surface area (Å²) in [6.45, 7) is -0.0124. The van der Waals surface area contributed by atoms with Crippen molar-refractivity contribution >= 4 is 15.7 Å². The van der Waals surface area contributed by atoms with Gasteiger partial charge < -0.3 is 20.4 Å². The van der Waals surface area contributed by atoms with Gasteiger partial charge in [-0.05, 0) is 17.7 Å². The van der Waals surface area contributed by atoms with Gasteiger partial charge in [-0.15, -0.1) is 0 Å². The first-order valence-corrected chi connectivity index (χ1v) is 9.42. The summed E-state index contributed by atoms with van der Waals surface area (Å²) < 4.78 is 27.5. The second kappa shape index (κ2) is 5.82. The van der Waals surface area contributed by atoms with Gasteiger partial charge in [-0.3, -0.25) is 4.31 Å². The molecule has 0 atom stereocenters. The molecule has 0 fully saturated rings. The first-order chi connectivity index (χ1) is 12.8. The summed E-state index contributed by atoms with van der Waals surface area (Å²) in [5.74, 6) is -1.94. The lowest BCUT2D eigenvalue weighted by Crippen LogP contribution is -2.33. The van der Waals surface area contributed by atoms with Gasteiger partial charge in [0.2, 0.25) is 0 Å². The molecular formula is C19H15NO6S. The summed E-state index contributed by atoms with van der Waals surface area (Å²) in [4.78, 5) is -0.202. The van der Waals surface area contributed by atoms with Crippen LogP contribution in [-0.4, -0.2) is 28.8 Å². The molecule has 0 aromatic heterocycles. The Morgan fingerprint density at radius 2 is 1.30 bits per heavy atom. The fourth-order valence-electron chi connectivity index (χ4n) is 3.14. The zero-order chi connectivity index (χ0) is 19.3. The van der Waals surface area contributed by atoms with Crippen molar-refractivity contribution in [3.05, 3.63) is 60.2 Å². The summed E-state index contributed by atoms with van der Waals surface area (Å²) >= 11 is 0. The third kappa shape index (κ3) is 2.61. The van der Waals surface area contributed by atoms with E-state index >= 15 is 0 Å². The molecule has 1 heterocycles. The second-order valence-electron chi connectivity index (χ2n) is 6.19. The molecule has 0 aliphatic carbocycles. The zero-order valence-corrected chi connectivity index (χ0v) is 14.7. The van der Waals surface area contributed by atoms with E-state index in [0.717, 1.165) is 22.5 Å². The van der Waals surface area contributed by atoms with E-state index in [0.29, 0.717) is 11.1 Å². The van der Waals surface area contributed by atoms with E-state index < -0.39 is 33.0 Å². The minimum absolute atomic E-state index is 0.0124. The third-order valence-corrected chi connectivity index (χ3v) is 6.27. The van der Waals surface area contributed by atoms with Gasteiger partial charge in [-0.2, -0.15) is 0 Å². The first kappa shape index (κ1) is 17.0. The summed E-state index contributed by atoms with van der Waals surface area (Å²) in [6, 6.07) is 13.4. The van der Waals surface area contributed by atoms with Crippen molar-refractivity contribution in [2.75, 3.05) is 4.31 Å². The van der Waals surface area contributed by atoms with Crippen LogP contribution in [0.15, 0.2) is 59.5 Å². The summed E-state index contributed by atoms with van der Waals surface area (Å²) in [7, 11) is -4.09. The largest absolute Gasteiger partial charge is 0.504 e. The van der Waals surface area contributed by atoms with Gasteiger partial charge in [0.05, 0.1) is 17.1 Å². The fourth-order valence-corrected chi connectivity index (χ4v) is 4.81. The number of phenols is 4. The fraction of sp³-hybridized carbons (Fsp3) is 0.0526. The quantitative estimate of drug-likeness (QED) is 0.504. The SMILES string of the molecule is O=S1(=O)c2cc(O)c(O)cc2-c2cc(O)c(O)cc2N1Cc1ccccc1. The van der Waals surface area contributed by atoms with Crippen LogP contribution >= 0.6 is 0 Å². The number of aromatic hydroxyl groups is 4. The number of phenolic OH excluding ortho intramolecular Hbond substituents is 4. The van der Waals surface area contributed by atoms with Crippen LogP contribution in [0.25, 0.3) is 11.1 Å². The van der Waals surface area contributed by atoms with Crippen LogP contribution in [-0.2, 0) is 16.6 Å². The lowest BCUT2D eigenvalue weighted by Gasteiger charge is -2.32. The van der Waals surface area contributed by atoms with Gasteiger partial charge in [-0.25, -0.2) is 8.42 Å². The highest BCUT2D eigenvalue weighted by molar-refractivity contribution is 7.93. The Balaban J connectivity index is 2.01. The Labute approximate surface area is 155 Å². The lowest BCUT2D eigenvalue weighted by atomic mass is 10.0. The van der Waals surface area contributed by atoms with Crippen molar-refractivity contribution in [1.29, 1.82) is 0 Å². The molecule has 0 unspecified atom stereocenters. The Bertz CT molecular complexity index is 1160. The highest BCUT2D eigenvalue weighted by Gasteiger charge is 2.37. The van der Waals surface area contributed by atoms with Crippen LogP contribution in [0, 0.1) is 0 Å². The topological polar surface area (TPSA) is 118 Å². The van der Waals surface area contributed by atoms with Gasteiger partial charge in [0.1, 0.15) is 0 Å². The highest BCUT2D eigenvalue weighted by atomic mass is 32.2. The number of rotatable bonds is 2. The number of benzene rings is 3. The van der Waals surface area contributed by atoms with Crippen LogP contribution in [0.5, 0.6) is 23.0 Å². The number of nitrogens with zero attached hydrogens (tertiary/aromatic N) is 1. The molecule has 8 heteroatoms. The number of sulfonamides is 1. The van der Waals surface area contributed by atoms with Crippen molar-refractivity contribution in [3.8, 4) is 34.1 Å². The standard InChI is InChI=1S/C19H15NO6S/c21-15-6-12-13-7-16(22)18(24)9-19(13)27(25,26)20(14(12)8-17(15)23)10-11-4-2-1-3-5-11/h1-9,21-24H,10H2. The minimum atomic E-state index is -4.09. The maximum Gasteiger partial charge on any atom is 0.265 e. The minimum Gasteiger partial charge on any atom is -0.504 e. The molecule has 1 aliphatic heterocycles. The van der Waals surface area contributed by atoms with Crippen LogP contribution in [0.3, 0.4) is 0 Å². The molecule has 7 nitrogen and oxygen atoms in total. The Morgan fingerprint density at radius 1 is 0.741 bits per heavy atom. The average molecular weight is 385 g/mol. The van der Waals surface area contributed by atoms with Gasteiger partial charge in [0.15, 0.2) is 23.0 Å². The Hall–Kier alpha value is -3.39. The average Bonchev–Trinajstić information content (AvgIpc) is 2.63. The molecule has 4 N–H and O–H groups in total. The van der Waals surface area contributed by atoms with E-state index in [2.05, 4.69) is 0 Å². The summed E-state index contributed by atoms with van der Waals surface area (Å²) in [5.41, 5.74) is 1.30. The molecule has 0 spiro atoms. The van der Waals surface area contributed by atoms with E-state index in [-0.39, 0.29) is 22.7 Å². The smallest absolute Gasteiger partial charge is 0.265 e. The van der Waals surface area contributed by atoms with Crippen molar-refractivity contribution in [2.24, 2.45) is 0 Å². The molecule has 0 saturated carbocycles. The normalized spacial score (nSPS) is 14.4. The summed E-state index contributed by atoms with van der Waals surface area (Å²) in [6.07, 6.45) is 0.